The number of amides is 1. The third kappa shape index (κ3) is 5.61. The van der Waals surface area contributed by atoms with E-state index in [0.717, 1.165) is 27.5 Å². The van der Waals surface area contributed by atoms with Gasteiger partial charge in [-0.05, 0) is 17.7 Å². The molecule has 3 aromatic rings. The van der Waals surface area contributed by atoms with Crippen molar-refractivity contribution in [2.75, 3.05) is 38.0 Å². The number of hydrogen-bond acceptors (Lipinski definition) is 5. The Bertz CT molecular complexity index is 1070. The lowest BCUT2D eigenvalue weighted by molar-refractivity contribution is -0.121. The summed E-state index contributed by atoms with van der Waals surface area (Å²) in [7, 11) is 0. The Morgan fingerprint density at radius 1 is 1.13 bits per heavy atom. The molecule has 1 aromatic heterocycles. The molecule has 0 saturated carbocycles. The molecule has 0 unspecified atom stereocenters. The first-order chi connectivity index (χ1) is 15.1. The van der Waals surface area contributed by atoms with E-state index in [2.05, 4.69) is 20.7 Å². The quantitative estimate of drug-likeness (QED) is 0.0876. The number of anilines is 1. The number of benzene rings is 2. The zero-order chi connectivity index (χ0) is 22.1. The molecule has 0 fully saturated rings. The normalized spacial score (nSPS) is 10.5. The fraction of sp³-hybridized carbons (Fsp3) is 0.318. The van der Waals surface area contributed by atoms with E-state index in [4.69, 9.17) is 15.9 Å². The van der Waals surface area contributed by atoms with Crippen LogP contribution in [0.25, 0.3) is 32.2 Å². The highest BCUT2D eigenvalue weighted by atomic mass is 16.2. The third-order valence-electron chi connectivity index (χ3n) is 4.92. The second-order valence-electron chi connectivity index (χ2n) is 6.97. The highest BCUT2D eigenvalue weighted by Gasteiger charge is 2.14. The number of nitrogens with one attached hydrogen (secondary N) is 3. The van der Waals surface area contributed by atoms with Gasteiger partial charge in [-0.25, -0.2) is 4.98 Å². The van der Waals surface area contributed by atoms with Crippen LogP contribution >= 0.6 is 0 Å². The summed E-state index contributed by atoms with van der Waals surface area (Å²) in [5.41, 5.74) is 11.1. The summed E-state index contributed by atoms with van der Waals surface area (Å²) in [6.07, 6.45) is 0.535. The van der Waals surface area contributed by atoms with Gasteiger partial charge in [0.25, 0.3) is 0 Å². The standard InChI is InChI=1S/C22H26N8O/c1-2-20(23)30(15-21(31)25-11-12-27-29-24)14-13-26-22-16-7-3-5-9-18(16)28-19-10-6-4-8-17(19)22/h3-10,23H,2,11-15H2,1H3,(H,25,31)(H,26,28). The van der Waals surface area contributed by atoms with E-state index >= 15 is 0 Å². The highest BCUT2D eigenvalue weighted by molar-refractivity contribution is 6.07. The molecule has 0 aliphatic rings. The molecule has 0 radical (unpaired) electrons. The van der Waals surface area contributed by atoms with E-state index in [1.807, 2.05) is 55.5 Å². The molecule has 2 aromatic carbocycles. The van der Waals surface area contributed by atoms with Crippen LogP contribution in [-0.2, 0) is 4.79 Å². The van der Waals surface area contributed by atoms with E-state index in [-0.39, 0.29) is 25.5 Å². The van der Waals surface area contributed by atoms with Gasteiger partial charge >= 0.3 is 0 Å². The maximum Gasteiger partial charge on any atom is 0.239 e. The molecule has 9 nitrogen and oxygen atoms in total. The van der Waals surface area contributed by atoms with Crippen molar-refractivity contribution in [1.29, 1.82) is 5.41 Å². The number of para-hydroxylation sites is 2. The molecular weight excluding hydrogens is 392 g/mol. The molecule has 0 saturated heterocycles. The molecule has 1 heterocycles. The third-order valence-corrected chi connectivity index (χ3v) is 4.92. The van der Waals surface area contributed by atoms with Crippen molar-refractivity contribution in [1.82, 2.24) is 15.2 Å². The Morgan fingerprint density at radius 2 is 1.77 bits per heavy atom. The minimum absolute atomic E-state index is 0.0858. The van der Waals surface area contributed by atoms with Gasteiger partial charge in [-0.3, -0.25) is 10.2 Å². The molecule has 3 rings (SSSR count). The van der Waals surface area contributed by atoms with Gasteiger partial charge in [-0.2, -0.15) is 0 Å². The second-order valence-corrected chi connectivity index (χ2v) is 6.97. The van der Waals surface area contributed by atoms with Crippen LogP contribution in [-0.4, -0.2) is 54.4 Å². The maximum absolute atomic E-state index is 12.2. The Labute approximate surface area is 180 Å². The van der Waals surface area contributed by atoms with Gasteiger partial charge in [0.05, 0.1) is 29.1 Å². The predicted molar refractivity (Wildman–Crippen MR) is 124 cm³/mol. The van der Waals surface area contributed by atoms with Gasteiger partial charge in [0.15, 0.2) is 0 Å². The van der Waals surface area contributed by atoms with Crippen LogP contribution in [0, 0.1) is 5.41 Å². The van der Waals surface area contributed by atoms with Crippen molar-refractivity contribution >= 4 is 39.2 Å². The molecule has 1 amide bonds. The van der Waals surface area contributed by atoms with Gasteiger partial charge < -0.3 is 15.5 Å². The van der Waals surface area contributed by atoms with E-state index in [9.17, 15) is 4.79 Å². The van der Waals surface area contributed by atoms with Crippen LogP contribution in [0.15, 0.2) is 53.6 Å². The first-order valence-electron chi connectivity index (χ1n) is 10.2. The van der Waals surface area contributed by atoms with Crippen LogP contribution in [0.5, 0.6) is 0 Å². The fourth-order valence-electron chi connectivity index (χ4n) is 3.40. The fourth-order valence-corrected chi connectivity index (χ4v) is 3.40. The summed E-state index contributed by atoms with van der Waals surface area (Å²) in [6, 6.07) is 16.0. The van der Waals surface area contributed by atoms with Gasteiger partial charge in [0.1, 0.15) is 0 Å². The predicted octanol–water partition coefficient (Wildman–Crippen LogP) is 3.92. The summed E-state index contributed by atoms with van der Waals surface area (Å²) in [4.78, 5) is 21.4. The van der Waals surface area contributed by atoms with Crippen LogP contribution in [0.1, 0.15) is 13.3 Å². The summed E-state index contributed by atoms with van der Waals surface area (Å²) in [6.45, 7) is 3.53. The van der Waals surface area contributed by atoms with Crippen LogP contribution < -0.4 is 10.6 Å². The van der Waals surface area contributed by atoms with Crippen LogP contribution in [0.3, 0.4) is 0 Å². The number of carbonyl (C=O) groups excluding carboxylic acids is 1. The molecule has 0 spiro atoms. The Hall–Kier alpha value is -3.84. The number of aromatic nitrogens is 1. The average Bonchev–Trinajstić information content (AvgIpc) is 2.80. The number of azide groups is 1. The number of fused-ring (bicyclic) bond motifs is 2. The van der Waals surface area contributed by atoms with Gasteiger partial charge in [0.2, 0.25) is 5.91 Å². The van der Waals surface area contributed by atoms with Gasteiger partial charge in [0, 0.05) is 48.3 Å². The zero-order valence-corrected chi connectivity index (χ0v) is 17.5. The van der Waals surface area contributed by atoms with E-state index in [0.29, 0.717) is 25.3 Å². The second kappa shape index (κ2) is 10.8. The topological polar surface area (TPSA) is 130 Å². The number of carbonyl (C=O) groups is 1. The number of hydrogen-bond donors (Lipinski definition) is 3. The summed E-state index contributed by atoms with van der Waals surface area (Å²) < 4.78 is 0. The van der Waals surface area contributed by atoms with Crippen molar-refractivity contribution < 1.29 is 4.79 Å². The smallest absolute Gasteiger partial charge is 0.239 e. The minimum Gasteiger partial charge on any atom is -0.382 e. The number of pyridine rings is 1. The average molecular weight is 419 g/mol. The van der Waals surface area contributed by atoms with Crippen molar-refractivity contribution in [3.8, 4) is 0 Å². The first-order valence-corrected chi connectivity index (χ1v) is 10.2. The highest BCUT2D eigenvalue weighted by Crippen LogP contribution is 2.30. The van der Waals surface area contributed by atoms with E-state index in [1.165, 1.54) is 0 Å². The molecule has 0 bridgehead atoms. The molecule has 0 aliphatic heterocycles. The lowest BCUT2D eigenvalue weighted by Crippen LogP contribution is -2.42. The van der Waals surface area contributed by atoms with Crippen LogP contribution in [0.4, 0.5) is 5.69 Å². The molecule has 0 atom stereocenters. The van der Waals surface area contributed by atoms with Gasteiger partial charge in [-0.1, -0.05) is 48.4 Å². The summed E-state index contributed by atoms with van der Waals surface area (Å²) >= 11 is 0. The minimum atomic E-state index is -0.203. The monoisotopic (exact) mass is 418 g/mol. The molecule has 31 heavy (non-hydrogen) atoms. The molecule has 160 valence electrons. The van der Waals surface area contributed by atoms with Crippen molar-refractivity contribution in [3.05, 3.63) is 59.0 Å². The van der Waals surface area contributed by atoms with Gasteiger partial charge in [-0.15, -0.1) is 0 Å². The SMILES string of the molecule is CCC(=N)N(CCNc1c2ccccc2nc2ccccc12)CC(=O)NCCN=[N+]=[N-]. The number of nitrogens with zero attached hydrogens (tertiary/aromatic N) is 5. The van der Waals surface area contributed by atoms with Crippen LogP contribution in [0.2, 0.25) is 0 Å². The molecular formula is C22H26N8O. The Balaban J connectivity index is 1.71. The van der Waals surface area contributed by atoms with Crippen molar-refractivity contribution in [2.45, 2.75) is 13.3 Å². The summed E-state index contributed by atoms with van der Waals surface area (Å²) in [5, 5.41) is 19.9. The number of amidine groups is 1. The lowest BCUT2D eigenvalue weighted by atomic mass is 10.1. The Kier molecular flexibility index (Phi) is 7.61. The first kappa shape index (κ1) is 21.9. The molecule has 9 heteroatoms. The largest absolute Gasteiger partial charge is 0.382 e. The molecule has 3 N–H and O–H groups in total. The van der Waals surface area contributed by atoms with Crippen molar-refractivity contribution in [3.63, 3.8) is 0 Å². The maximum atomic E-state index is 12.2. The van der Waals surface area contributed by atoms with E-state index in [1.54, 1.807) is 4.90 Å². The lowest BCUT2D eigenvalue weighted by Gasteiger charge is -2.25. The van der Waals surface area contributed by atoms with Crippen molar-refractivity contribution in [2.24, 2.45) is 5.11 Å². The summed E-state index contributed by atoms with van der Waals surface area (Å²) in [5.74, 6) is 0.197. The Morgan fingerprint density at radius 3 is 2.39 bits per heavy atom. The number of rotatable bonds is 10. The zero-order valence-electron chi connectivity index (χ0n) is 17.5. The van der Waals surface area contributed by atoms with E-state index < -0.39 is 0 Å². The molecule has 0 aliphatic carbocycles.